The molecule has 2 heterocycles. The minimum Gasteiger partial charge on any atom is -0.349 e. The summed E-state index contributed by atoms with van der Waals surface area (Å²) in [5.74, 6) is 0.135. The molecule has 5 nitrogen and oxygen atoms in total. The number of amides is 1. The zero-order valence-electron chi connectivity index (χ0n) is 12.4. The number of aryl methyl sites for hydroxylation is 1. The first-order valence-corrected chi connectivity index (χ1v) is 6.97. The molecule has 0 radical (unpaired) electrons. The van der Waals surface area contributed by atoms with Gasteiger partial charge < -0.3 is 14.8 Å². The van der Waals surface area contributed by atoms with E-state index in [9.17, 15) is 4.79 Å². The standard InChI is InChI=1S/C15H22N4O/c1-4-16-10-12-11-19(9-7-14(20)18(2)3)15-13(12)6-5-8-17-15/h5-6,8,11,16H,4,7,9-10H2,1-3H3. The van der Waals surface area contributed by atoms with Gasteiger partial charge in [-0.15, -0.1) is 0 Å². The Morgan fingerprint density at radius 1 is 1.45 bits per heavy atom. The highest BCUT2D eigenvalue weighted by Gasteiger charge is 2.10. The van der Waals surface area contributed by atoms with Crippen LogP contribution in [0.1, 0.15) is 18.9 Å². The summed E-state index contributed by atoms with van der Waals surface area (Å²) in [5.41, 5.74) is 2.18. The zero-order valence-corrected chi connectivity index (χ0v) is 12.4. The molecule has 0 spiro atoms. The molecule has 1 N–H and O–H groups in total. The van der Waals surface area contributed by atoms with E-state index in [0.717, 1.165) is 24.1 Å². The van der Waals surface area contributed by atoms with Gasteiger partial charge in [-0.3, -0.25) is 4.79 Å². The van der Waals surface area contributed by atoms with E-state index in [1.165, 1.54) is 5.56 Å². The van der Waals surface area contributed by atoms with Gasteiger partial charge in [-0.1, -0.05) is 6.92 Å². The van der Waals surface area contributed by atoms with Gasteiger partial charge in [-0.25, -0.2) is 4.98 Å². The van der Waals surface area contributed by atoms with E-state index in [2.05, 4.69) is 34.1 Å². The monoisotopic (exact) mass is 274 g/mol. The Hall–Kier alpha value is -1.88. The fourth-order valence-electron chi connectivity index (χ4n) is 2.21. The van der Waals surface area contributed by atoms with Crippen LogP contribution < -0.4 is 5.32 Å². The lowest BCUT2D eigenvalue weighted by molar-refractivity contribution is -0.128. The highest BCUT2D eigenvalue weighted by molar-refractivity contribution is 5.81. The van der Waals surface area contributed by atoms with Crippen molar-refractivity contribution in [1.29, 1.82) is 0 Å². The van der Waals surface area contributed by atoms with Gasteiger partial charge in [0.05, 0.1) is 0 Å². The highest BCUT2D eigenvalue weighted by atomic mass is 16.2. The third-order valence-corrected chi connectivity index (χ3v) is 3.35. The quantitative estimate of drug-likeness (QED) is 0.871. The normalized spacial score (nSPS) is 10.9. The van der Waals surface area contributed by atoms with Crippen molar-refractivity contribution in [2.75, 3.05) is 20.6 Å². The Labute approximate surface area is 119 Å². The Morgan fingerprint density at radius 2 is 2.25 bits per heavy atom. The van der Waals surface area contributed by atoms with Crippen LogP contribution >= 0.6 is 0 Å². The molecule has 2 aromatic rings. The molecule has 0 aliphatic heterocycles. The van der Waals surface area contributed by atoms with E-state index in [-0.39, 0.29) is 5.91 Å². The summed E-state index contributed by atoms with van der Waals surface area (Å²) in [4.78, 5) is 17.8. The van der Waals surface area contributed by atoms with E-state index in [4.69, 9.17) is 0 Å². The average molecular weight is 274 g/mol. The molecule has 0 saturated heterocycles. The highest BCUT2D eigenvalue weighted by Crippen LogP contribution is 2.19. The Balaban J connectivity index is 2.22. The predicted octanol–water partition coefficient (Wildman–Crippen LogP) is 1.62. The van der Waals surface area contributed by atoms with Gasteiger partial charge in [0.25, 0.3) is 0 Å². The molecular formula is C15H22N4O. The van der Waals surface area contributed by atoms with E-state index in [1.54, 1.807) is 25.2 Å². The molecule has 0 unspecified atom stereocenters. The van der Waals surface area contributed by atoms with Crippen molar-refractivity contribution < 1.29 is 4.79 Å². The number of hydrogen-bond acceptors (Lipinski definition) is 3. The molecule has 0 atom stereocenters. The average Bonchev–Trinajstić information content (AvgIpc) is 2.80. The van der Waals surface area contributed by atoms with Crippen molar-refractivity contribution >= 4 is 16.9 Å². The predicted molar refractivity (Wildman–Crippen MR) is 80.4 cm³/mol. The number of nitrogens with one attached hydrogen (secondary N) is 1. The maximum absolute atomic E-state index is 11.7. The van der Waals surface area contributed by atoms with Gasteiger partial charge in [0, 0.05) is 51.4 Å². The second kappa shape index (κ2) is 6.52. The fraction of sp³-hybridized carbons (Fsp3) is 0.467. The second-order valence-corrected chi connectivity index (χ2v) is 5.04. The smallest absolute Gasteiger partial charge is 0.223 e. The molecule has 108 valence electrons. The summed E-state index contributed by atoms with van der Waals surface area (Å²) < 4.78 is 2.07. The van der Waals surface area contributed by atoms with Crippen LogP contribution in [0.3, 0.4) is 0 Å². The van der Waals surface area contributed by atoms with Gasteiger partial charge in [0.15, 0.2) is 0 Å². The van der Waals surface area contributed by atoms with Crippen molar-refractivity contribution in [2.45, 2.75) is 26.4 Å². The molecule has 5 heteroatoms. The van der Waals surface area contributed by atoms with Gasteiger partial charge in [-0.05, 0) is 24.2 Å². The summed E-state index contributed by atoms with van der Waals surface area (Å²) in [6.45, 7) is 4.52. The molecule has 0 aliphatic rings. The summed E-state index contributed by atoms with van der Waals surface area (Å²) in [5, 5.41) is 4.49. The first-order valence-electron chi connectivity index (χ1n) is 6.97. The van der Waals surface area contributed by atoms with E-state index >= 15 is 0 Å². The molecule has 0 aliphatic carbocycles. The van der Waals surface area contributed by atoms with Gasteiger partial charge >= 0.3 is 0 Å². The van der Waals surface area contributed by atoms with Gasteiger partial charge in [0.1, 0.15) is 5.65 Å². The molecule has 20 heavy (non-hydrogen) atoms. The number of nitrogens with zero attached hydrogens (tertiary/aromatic N) is 3. The summed E-state index contributed by atoms with van der Waals surface area (Å²) in [6, 6.07) is 4.03. The molecule has 1 amide bonds. The first kappa shape index (κ1) is 14.5. The first-order chi connectivity index (χ1) is 9.63. The van der Waals surface area contributed by atoms with E-state index in [0.29, 0.717) is 13.0 Å². The fourth-order valence-corrected chi connectivity index (χ4v) is 2.21. The number of carbonyl (C=O) groups excluding carboxylic acids is 1. The number of hydrogen-bond donors (Lipinski definition) is 1. The van der Waals surface area contributed by atoms with Crippen molar-refractivity contribution in [3.63, 3.8) is 0 Å². The molecule has 0 saturated carbocycles. The van der Waals surface area contributed by atoms with Crippen LogP contribution in [0.25, 0.3) is 11.0 Å². The van der Waals surface area contributed by atoms with E-state index < -0.39 is 0 Å². The number of pyridine rings is 1. The minimum atomic E-state index is 0.135. The Kier molecular flexibility index (Phi) is 4.74. The third-order valence-electron chi connectivity index (χ3n) is 3.35. The maximum Gasteiger partial charge on any atom is 0.223 e. The second-order valence-electron chi connectivity index (χ2n) is 5.04. The molecule has 2 rings (SSSR count). The Morgan fingerprint density at radius 3 is 2.95 bits per heavy atom. The summed E-state index contributed by atoms with van der Waals surface area (Å²) >= 11 is 0. The van der Waals surface area contributed by atoms with Gasteiger partial charge in [0.2, 0.25) is 5.91 Å². The van der Waals surface area contributed by atoms with E-state index in [1.807, 2.05) is 6.07 Å². The molecule has 0 fully saturated rings. The van der Waals surface area contributed by atoms with Gasteiger partial charge in [-0.2, -0.15) is 0 Å². The number of aromatic nitrogens is 2. The van der Waals surface area contributed by atoms with Crippen LogP contribution in [0.15, 0.2) is 24.5 Å². The third kappa shape index (κ3) is 3.17. The lowest BCUT2D eigenvalue weighted by Crippen LogP contribution is -2.22. The zero-order chi connectivity index (χ0) is 14.5. The van der Waals surface area contributed by atoms with Crippen LogP contribution in [0.2, 0.25) is 0 Å². The number of carbonyl (C=O) groups is 1. The van der Waals surface area contributed by atoms with Crippen LogP contribution in [0.4, 0.5) is 0 Å². The van der Waals surface area contributed by atoms with Crippen LogP contribution in [0.5, 0.6) is 0 Å². The largest absolute Gasteiger partial charge is 0.349 e. The topological polar surface area (TPSA) is 50.2 Å². The van der Waals surface area contributed by atoms with Crippen molar-refractivity contribution in [1.82, 2.24) is 19.8 Å². The number of rotatable bonds is 6. The summed E-state index contributed by atoms with van der Waals surface area (Å²) in [7, 11) is 3.57. The van der Waals surface area contributed by atoms with Crippen LogP contribution in [-0.4, -0.2) is 41.0 Å². The lowest BCUT2D eigenvalue weighted by Gasteiger charge is -2.10. The molecule has 0 aromatic carbocycles. The summed E-state index contributed by atoms with van der Waals surface area (Å²) in [6.07, 6.45) is 4.39. The Bertz CT molecular complexity index is 589. The minimum absolute atomic E-state index is 0.135. The van der Waals surface area contributed by atoms with Crippen LogP contribution in [-0.2, 0) is 17.9 Å². The maximum atomic E-state index is 11.7. The number of fused-ring (bicyclic) bond motifs is 1. The lowest BCUT2D eigenvalue weighted by atomic mass is 10.2. The van der Waals surface area contributed by atoms with Crippen LogP contribution in [0, 0.1) is 0 Å². The molecular weight excluding hydrogens is 252 g/mol. The SMILES string of the molecule is CCNCc1cn(CCC(=O)N(C)C)c2ncccc12. The molecule has 2 aromatic heterocycles. The molecule has 0 bridgehead atoms. The van der Waals surface area contributed by atoms with Crippen molar-refractivity contribution in [2.24, 2.45) is 0 Å². The van der Waals surface area contributed by atoms with Crippen molar-refractivity contribution in [3.05, 3.63) is 30.1 Å². The van der Waals surface area contributed by atoms with Crippen molar-refractivity contribution in [3.8, 4) is 0 Å².